The van der Waals surface area contributed by atoms with Crippen LogP contribution in [0.2, 0.25) is 0 Å². The molecule has 0 N–H and O–H groups in total. The van der Waals surface area contributed by atoms with E-state index in [1.54, 1.807) is 7.11 Å². The predicted octanol–water partition coefficient (Wildman–Crippen LogP) is 2.29. The molecule has 0 amide bonds. The maximum atomic E-state index is 4.91. The third kappa shape index (κ3) is 2.08. The Hall–Kier alpha value is -0.460. The summed E-state index contributed by atoms with van der Waals surface area (Å²) in [7, 11) is 1.71. The number of rotatable bonds is 1. The molecule has 1 radical (unpaired) electrons. The third-order valence-corrected chi connectivity index (χ3v) is 1.62. The Morgan fingerprint density at radius 3 is 2.67 bits per heavy atom. The first kappa shape index (κ1) is 6.66. The van der Waals surface area contributed by atoms with Gasteiger partial charge in [0.05, 0.1) is 13.4 Å². The van der Waals surface area contributed by atoms with E-state index in [1.165, 1.54) is 31.3 Å². The number of methoxy groups -OCH3 is 1. The molecule has 1 nitrogen and oxygen atoms in total. The maximum Gasteiger partial charge on any atom is 0.0816 e. The molecule has 1 fully saturated rings. The van der Waals surface area contributed by atoms with Gasteiger partial charge in [-0.3, -0.25) is 0 Å². The molecule has 1 heteroatoms. The zero-order valence-electron chi connectivity index (χ0n) is 5.89. The highest BCUT2D eigenvalue weighted by Gasteiger charge is 2.04. The quantitative estimate of drug-likeness (QED) is 0.488. The monoisotopic (exact) mass is 125 g/mol. The van der Waals surface area contributed by atoms with Crippen LogP contribution in [0.4, 0.5) is 0 Å². The minimum absolute atomic E-state index is 1.20. The van der Waals surface area contributed by atoms with Crippen molar-refractivity contribution in [3.05, 3.63) is 18.3 Å². The first-order valence-corrected chi connectivity index (χ1v) is 3.46. The summed E-state index contributed by atoms with van der Waals surface area (Å²) in [6.07, 6.45) is 9.09. The van der Waals surface area contributed by atoms with Gasteiger partial charge in [-0.25, -0.2) is 0 Å². The molecule has 0 unspecified atom stereocenters. The first-order valence-electron chi connectivity index (χ1n) is 3.46. The van der Waals surface area contributed by atoms with Crippen LogP contribution in [0.1, 0.15) is 25.7 Å². The summed E-state index contributed by atoms with van der Waals surface area (Å²) in [5.41, 5.74) is 1.46. The Kier molecular flexibility index (Phi) is 2.62. The van der Waals surface area contributed by atoms with Crippen LogP contribution < -0.4 is 0 Å². The number of hydrogen-bond acceptors (Lipinski definition) is 1. The van der Waals surface area contributed by atoms with Crippen LogP contribution in [0.3, 0.4) is 0 Å². The number of ether oxygens (including phenoxy) is 1. The molecule has 0 aliphatic heterocycles. The molecular weight excluding hydrogens is 112 g/mol. The molecule has 0 heterocycles. The van der Waals surface area contributed by atoms with Gasteiger partial charge in [0.2, 0.25) is 0 Å². The molecule has 0 atom stereocenters. The second-order valence-corrected chi connectivity index (χ2v) is 2.38. The molecule has 1 saturated carbocycles. The second-order valence-electron chi connectivity index (χ2n) is 2.38. The van der Waals surface area contributed by atoms with Gasteiger partial charge in [0.25, 0.3) is 0 Å². The van der Waals surface area contributed by atoms with Crippen LogP contribution in [0, 0.1) is 6.42 Å². The van der Waals surface area contributed by atoms with Gasteiger partial charge in [0.1, 0.15) is 0 Å². The highest BCUT2D eigenvalue weighted by molar-refractivity contribution is 5.03. The minimum Gasteiger partial charge on any atom is -0.504 e. The molecule has 0 aromatic carbocycles. The summed E-state index contributed by atoms with van der Waals surface area (Å²) in [5.74, 6) is 0. The Balaban J connectivity index is 2.30. The van der Waals surface area contributed by atoms with Crippen molar-refractivity contribution >= 4 is 0 Å². The zero-order chi connectivity index (χ0) is 6.53. The smallest absolute Gasteiger partial charge is 0.0816 e. The zero-order valence-corrected chi connectivity index (χ0v) is 5.89. The van der Waals surface area contributed by atoms with E-state index in [2.05, 4.69) is 6.42 Å². The molecule has 9 heavy (non-hydrogen) atoms. The fourth-order valence-electron chi connectivity index (χ4n) is 1.13. The van der Waals surface area contributed by atoms with Gasteiger partial charge in [0.15, 0.2) is 0 Å². The fraction of sp³-hybridized carbons (Fsp3) is 0.625. The fourth-order valence-corrected chi connectivity index (χ4v) is 1.13. The molecule has 0 aromatic heterocycles. The summed E-state index contributed by atoms with van der Waals surface area (Å²) >= 11 is 0. The lowest BCUT2D eigenvalue weighted by Gasteiger charge is -2.11. The van der Waals surface area contributed by atoms with Crippen molar-refractivity contribution in [1.82, 2.24) is 0 Å². The molecule has 0 saturated heterocycles. The van der Waals surface area contributed by atoms with Gasteiger partial charge in [0, 0.05) is 0 Å². The van der Waals surface area contributed by atoms with Crippen LogP contribution in [0.25, 0.3) is 0 Å². The van der Waals surface area contributed by atoms with E-state index in [9.17, 15) is 0 Å². The van der Waals surface area contributed by atoms with Crippen LogP contribution in [0.15, 0.2) is 11.8 Å². The molecule has 0 spiro atoms. The van der Waals surface area contributed by atoms with Crippen molar-refractivity contribution in [1.29, 1.82) is 0 Å². The van der Waals surface area contributed by atoms with Crippen molar-refractivity contribution in [2.24, 2.45) is 0 Å². The van der Waals surface area contributed by atoms with E-state index >= 15 is 0 Å². The highest BCUT2D eigenvalue weighted by Crippen LogP contribution is 2.21. The number of allylic oxidation sites excluding steroid dienone is 1. The number of hydrogen-bond donors (Lipinski definition) is 0. The Morgan fingerprint density at radius 1 is 1.44 bits per heavy atom. The molecule has 1 aliphatic carbocycles. The van der Waals surface area contributed by atoms with Crippen molar-refractivity contribution in [3.63, 3.8) is 0 Å². The van der Waals surface area contributed by atoms with E-state index in [0.29, 0.717) is 0 Å². The largest absolute Gasteiger partial charge is 0.504 e. The Labute approximate surface area is 56.7 Å². The van der Waals surface area contributed by atoms with Gasteiger partial charge >= 0.3 is 0 Å². The van der Waals surface area contributed by atoms with E-state index in [-0.39, 0.29) is 0 Å². The standard InChI is InChI=1S/C8H13O/c1-9-7-8-5-3-2-4-6-8/h2,7H,3-6H2,1H3. The van der Waals surface area contributed by atoms with E-state index < -0.39 is 0 Å². The summed E-state index contributed by atoms with van der Waals surface area (Å²) in [5, 5.41) is 0. The summed E-state index contributed by atoms with van der Waals surface area (Å²) in [6, 6.07) is 0. The lowest BCUT2D eigenvalue weighted by Crippen LogP contribution is -1.94. The van der Waals surface area contributed by atoms with Crippen LogP contribution in [-0.4, -0.2) is 7.11 Å². The molecular formula is C8H13O. The lowest BCUT2D eigenvalue weighted by atomic mass is 9.96. The van der Waals surface area contributed by atoms with Gasteiger partial charge in [-0.15, -0.1) is 0 Å². The first-order chi connectivity index (χ1) is 4.43. The molecule has 51 valence electrons. The Morgan fingerprint density at radius 2 is 2.11 bits per heavy atom. The van der Waals surface area contributed by atoms with Gasteiger partial charge < -0.3 is 4.74 Å². The van der Waals surface area contributed by atoms with Gasteiger partial charge in [-0.2, -0.15) is 0 Å². The van der Waals surface area contributed by atoms with E-state index in [1.807, 2.05) is 6.26 Å². The average molecular weight is 125 g/mol. The minimum atomic E-state index is 1.20. The van der Waals surface area contributed by atoms with E-state index in [4.69, 9.17) is 4.74 Å². The lowest BCUT2D eigenvalue weighted by molar-refractivity contribution is 0.330. The normalized spacial score (nSPS) is 19.4. The van der Waals surface area contributed by atoms with Crippen molar-refractivity contribution in [3.8, 4) is 0 Å². The van der Waals surface area contributed by atoms with Gasteiger partial charge in [-0.1, -0.05) is 0 Å². The van der Waals surface area contributed by atoms with Crippen molar-refractivity contribution in [2.75, 3.05) is 7.11 Å². The van der Waals surface area contributed by atoms with E-state index in [0.717, 1.165) is 0 Å². The molecule has 1 aliphatic rings. The predicted molar refractivity (Wildman–Crippen MR) is 37.9 cm³/mol. The second kappa shape index (κ2) is 3.54. The Bertz CT molecular complexity index is 97.1. The summed E-state index contributed by atoms with van der Waals surface area (Å²) < 4.78 is 4.91. The molecule has 0 bridgehead atoms. The highest BCUT2D eigenvalue weighted by atomic mass is 16.5. The van der Waals surface area contributed by atoms with Crippen molar-refractivity contribution < 1.29 is 4.74 Å². The average Bonchev–Trinajstić information content (AvgIpc) is 1.91. The van der Waals surface area contributed by atoms with Crippen LogP contribution in [0.5, 0.6) is 0 Å². The van der Waals surface area contributed by atoms with Crippen LogP contribution in [-0.2, 0) is 4.74 Å². The topological polar surface area (TPSA) is 9.23 Å². The maximum absolute atomic E-state index is 4.91. The van der Waals surface area contributed by atoms with Crippen LogP contribution >= 0.6 is 0 Å². The SMILES string of the molecule is COC=C1CC[CH]CC1. The molecule has 0 aromatic rings. The summed E-state index contributed by atoms with van der Waals surface area (Å²) in [4.78, 5) is 0. The third-order valence-electron chi connectivity index (χ3n) is 1.62. The summed E-state index contributed by atoms with van der Waals surface area (Å²) in [6.45, 7) is 0. The molecule has 1 rings (SSSR count). The van der Waals surface area contributed by atoms with Gasteiger partial charge in [-0.05, 0) is 37.7 Å². The van der Waals surface area contributed by atoms with Crippen molar-refractivity contribution in [2.45, 2.75) is 25.7 Å².